The molecule has 0 unspecified atom stereocenters. The van der Waals surface area contributed by atoms with Crippen LogP contribution in [-0.4, -0.2) is 42.0 Å². The smallest absolute Gasteiger partial charge is 0.273 e. The van der Waals surface area contributed by atoms with Gasteiger partial charge in [0.05, 0.1) is 12.0 Å². The van der Waals surface area contributed by atoms with Crippen LogP contribution in [0.3, 0.4) is 0 Å². The third kappa shape index (κ3) is 4.97. The molecule has 0 radical (unpaired) electrons. The van der Waals surface area contributed by atoms with E-state index in [9.17, 15) is 14.9 Å². The van der Waals surface area contributed by atoms with Crippen molar-refractivity contribution in [3.8, 4) is 5.75 Å². The lowest BCUT2D eigenvalue weighted by Crippen LogP contribution is -2.48. The highest BCUT2D eigenvalue weighted by Crippen LogP contribution is 2.29. The van der Waals surface area contributed by atoms with Crippen LogP contribution in [0, 0.1) is 16.0 Å². The fraction of sp³-hybridized carbons (Fsp3) is 0.435. The molecule has 160 valence electrons. The van der Waals surface area contributed by atoms with Crippen LogP contribution in [-0.2, 0) is 11.3 Å². The molecule has 0 aromatic heterocycles. The Balaban J connectivity index is 1.73. The number of benzene rings is 2. The predicted molar refractivity (Wildman–Crippen MR) is 117 cm³/mol. The minimum absolute atomic E-state index is 0.0917. The van der Waals surface area contributed by atoms with Gasteiger partial charge in [-0.3, -0.25) is 19.8 Å². The summed E-state index contributed by atoms with van der Waals surface area (Å²) < 4.78 is 5.35. The molecule has 0 saturated carbocycles. The number of amides is 1. The number of carbonyl (C=O) groups is 1. The Bertz CT molecular complexity index is 892. The highest BCUT2D eigenvalue weighted by molar-refractivity contribution is 5.95. The molecule has 2 aromatic carbocycles. The standard InChI is InChI=1S/C23H29N3O4/c1-17(2)23(27)25(20-8-6-9-21(15-20)30-3)19-11-13-24(14-12-19)16-18-7-4-5-10-22(18)26(28)29/h4-10,15,17,19H,11-14,16H2,1-3H3. The summed E-state index contributed by atoms with van der Waals surface area (Å²) in [4.78, 5) is 28.1. The van der Waals surface area contributed by atoms with Crippen LogP contribution in [0.5, 0.6) is 5.75 Å². The lowest BCUT2D eigenvalue weighted by molar-refractivity contribution is -0.385. The maximum Gasteiger partial charge on any atom is 0.273 e. The summed E-state index contributed by atoms with van der Waals surface area (Å²) in [7, 11) is 1.62. The van der Waals surface area contributed by atoms with Crippen LogP contribution >= 0.6 is 0 Å². The molecule has 1 aliphatic heterocycles. The molecule has 1 amide bonds. The van der Waals surface area contributed by atoms with Crippen molar-refractivity contribution in [2.75, 3.05) is 25.1 Å². The van der Waals surface area contributed by atoms with Gasteiger partial charge in [-0.05, 0) is 25.0 Å². The van der Waals surface area contributed by atoms with Crippen molar-refractivity contribution in [2.45, 2.75) is 39.3 Å². The first-order valence-electron chi connectivity index (χ1n) is 10.3. The Morgan fingerprint density at radius 3 is 2.53 bits per heavy atom. The van der Waals surface area contributed by atoms with E-state index in [2.05, 4.69) is 4.90 Å². The first-order chi connectivity index (χ1) is 14.4. The number of nitro groups is 1. The topological polar surface area (TPSA) is 75.9 Å². The number of hydrogen-bond donors (Lipinski definition) is 0. The van der Waals surface area contributed by atoms with Crippen LogP contribution in [0.15, 0.2) is 48.5 Å². The number of rotatable bonds is 7. The molecule has 0 bridgehead atoms. The number of para-hydroxylation sites is 1. The van der Waals surface area contributed by atoms with Crippen LogP contribution < -0.4 is 9.64 Å². The van der Waals surface area contributed by atoms with Gasteiger partial charge in [0.15, 0.2) is 0 Å². The van der Waals surface area contributed by atoms with Crippen molar-refractivity contribution in [3.05, 3.63) is 64.2 Å². The van der Waals surface area contributed by atoms with Gasteiger partial charge in [0.1, 0.15) is 5.75 Å². The third-order valence-electron chi connectivity index (χ3n) is 5.57. The number of nitrogens with zero attached hydrogens (tertiary/aromatic N) is 3. The largest absolute Gasteiger partial charge is 0.497 e. The molecule has 1 aliphatic rings. The van der Waals surface area contributed by atoms with Gasteiger partial charge in [-0.25, -0.2) is 0 Å². The molecular weight excluding hydrogens is 382 g/mol. The van der Waals surface area contributed by atoms with E-state index in [1.165, 1.54) is 0 Å². The van der Waals surface area contributed by atoms with Crippen LogP contribution in [0.1, 0.15) is 32.3 Å². The molecular formula is C23H29N3O4. The lowest BCUT2D eigenvalue weighted by Gasteiger charge is -2.39. The maximum atomic E-state index is 13.0. The molecule has 0 N–H and O–H groups in total. The summed E-state index contributed by atoms with van der Waals surface area (Å²) in [6, 6.07) is 14.6. The number of likely N-dealkylation sites (tertiary alicyclic amines) is 1. The van der Waals surface area contributed by atoms with E-state index in [0.29, 0.717) is 6.54 Å². The van der Waals surface area contributed by atoms with E-state index in [0.717, 1.165) is 42.9 Å². The van der Waals surface area contributed by atoms with E-state index in [1.54, 1.807) is 19.2 Å². The molecule has 1 saturated heterocycles. The summed E-state index contributed by atoms with van der Waals surface area (Å²) >= 11 is 0. The molecule has 0 atom stereocenters. The fourth-order valence-electron chi connectivity index (χ4n) is 3.96. The zero-order valence-corrected chi connectivity index (χ0v) is 17.8. The molecule has 1 fully saturated rings. The second-order valence-electron chi connectivity index (χ2n) is 7.96. The summed E-state index contributed by atoms with van der Waals surface area (Å²) in [5.74, 6) is 0.712. The Hall–Kier alpha value is -2.93. The van der Waals surface area contributed by atoms with E-state index < -0.39 is 0 Å². The lowest BCUT2D eigenvalue weighted by atomic mass is 9.99. The zero-order valence-electron chi connectivity index (χ0n) is 17.8. The first kappa shape index (κ1) is 21.8. The highest BCUT2D eigenvalue weighted by atomic mass is 16.6. The number of carbonyl (C=O) groups excluding carboxylic acids is 1. The van der Waals surface area contributed by atoms with Crippen molar-refractivity contribution in [1.82, 2.24) is 4.90 Å². The van der Waals surface area contributed by atoms with E-state index >= 15 is 0 Å². The SMILES string of the molecule is COc1cccc(N(C(=O)C(C)C)C2CCN(Cc3ccccc3[N+](=O)[O-])CC2)c1. The van der Waals surface area contributed by atoms with Gasteiger partial charge in [-0.15, -0.1) is 0 Å². The van der Waals surface area contributed by atoms with E-state index in [4.69, 9.17) is 4.74 Å². The maximum absolute atomic E-state index is 13.0. The Labute approximate surface area is 177 Å². The van der Waals surface area contributed by atoms with Gasteiger partial charge in [0.2, 0.25) is 5.91 Å². The average Bonchev–Trinajstić information content (AvgIpc) is 2.75. The second kappa shape index (κ2) is 9.71. The number of nitro benzene ring substituents is 1. The number of anilines is 1. The van der Waals surface area contributed by atoms with Crippen molar-refractivity contribution in [1.29, 1.82) is 0 Å². The monoisotopic (exact) mass is 411 g/mol. The van der Waals surface area contributed by atoms with Crippen molar-refractivity contribution >= 4 is 17.3 Å². The van der Waals surface area contributed by atoms with Gasteiger partial charge in [-0.1, -0.05) is 38.1 Å². The Kier molecular flexibility index (Phi) is 7.05. The quantitative estimate of drug-likeness (QED) is 0.503. The molecule has 7 nitrogen and oxygen atoms in total. The van der Waals surface area contributed by atoms with Gasteiger partial charge in [-0.2, -0.15) is 0 Å². The van der Waals surface area contributed by atoms with Crippen LogP contribution in [0.25, 0.3) is 0 Å². The second-order valence-corrected chi connectivity index (χ2v) is 7.96. The molecule has 7 heteroatoms. The number of piperidine rings is 1. The summed E-state index contributed by atoms with van der Waals surface area (Å²) in [5, 5.41) is 11.3. The van der Waals surface area contributed by atoms with Crippen LogP contribution in [0.2, 0.25) is 0 Å². The van der Waals surface area contributed by atoms with Gasteiger partial charge >= 0.3 is 0 Å². The van der Waals surface area contributed by atoms with Crippen molar-refractivity contribution in [2.24, 2.45) is 5.92 Å². The number of hydrogen-bond acceptors (Lipinski definition) is 5. The summed E-state index contributed by atoms with van der Waals surface area (Å²) in [5.41, 5.74) is 1.74. The zero-order chi connectivity index (χ0) is 21.7. The Morgan fingerprint density at radius 2 is 1.90 bits per heavy atom. The van der Waals surface area contributed by atoms with Gasteiger partial charge in [0.25, 0.3) is 5.69 Å². The fourth-order valence-corrected chi connectivity index (χ4v) is 3.96. The minimum Gasteiger partial charge on any atom is -0.497 e. The first-order valence-corrected chi connectivity index (χ1v) is 10.3. The third-order valence-corrected chi connectivity index (χ3v) is 5.57. The molecule has 30 heavy (non-hydrogen) atoms. The number of ether oxygens (including phenoxy) is 1. The summed E-state index contributed by atoms with van der Waals surface area (Å²) in [6.07, 6.45) is 1.63. The number of methoxy groups -OCH3 is 1. The molecule has 0 aliphatic carbocycles. The molecule has 1 heterocycles. The minimum atomic E-state index is -0.325. The highest BCUT2D eigenvalue weighted by Gasteiger charge is 2.31. The van der Waals surface area contributed by atoms with Gasteiger partial charge in [0, 0.05) is 55.0 Å². The van der Waals surface area contributed by atoms with E-state index in [1.807, 2.05) is 55.1 Å². The summed E-state index contributed by atoms with van der Waals surface area (Å²) in [6.45, 7) is 5.94. The van der Waals surface area contributed by atoms with Crippen molar-refractivity contribution in [3.63, 3.8) is 0 Å². The molecule has 2 aromatic rings. The molecule has 0 spiro atoms. The van der Waals surface area contributed by atoms with E-state index in [-0.39, 0.29) is 28.5 Å². The average molecular weight is 412 g/mol. The Morgan fingerprint density at radius 1 is 1.20 bits per heavy atom. The van der Waals surface area contributed by atoms with Gasteiger partial charge < -0.3 is 9.64 Å². The predicted octanol–water partition coefficient (Wildman–Crippen LogP) is 4.26. The normalized spacial score (nSPS) is 15.2. The molecule has 3 rings (SSSR count). The van der Waals surface area contributed by atoms with Crippen molar-refractivity contribution < 1.29 is 14.5 Å². The van der Waals surface area contributed by atoms with Crippen LogP contribution in [0.4, 0.5) is 11.4 Å².